The van der Waals surface area contributed by atoms with Gasteiger partial charge < -0.3 is 5.32 Å². The van der Waals surface area contributed by atoms with Crippen LogP contribution in [0, 0.1) is 58.2 Å². The van der Waals surface area contributed by atoms with Gasteiger partial charge in [-0.2, -0.15) is 0 Å². The van der Waals surface area contributed by atoms with E-state index in [9.17, 15) is 9.59 Å². The monoisotopic (exact) mass is 467 g/mol. The highest BCUT2D eigenvalue weighted by Crippen LogP contribution is 2.66. The first-order valence-electron chi connectivity index (χ1n) is 14.0. The van der Waals surface area contributed by atoms with Crippen molar-refractivity contribution in [3.8, 4) is 0 Å². The van der Waals surface area contributed by atoms with E-state index in [1.807, 2.05) is 6.08 Å². The van der Waals surface area contributed by atoms with Gasteiger partial charge in [0.25, 0.3) is 0 Å². The van der Waals surface area contributed by atoms with E-state index >= 15 is 0 Å². The number of carbonyl (C=O) groups excluding carboxylic acids is 2. The molecule has 1 aliphatic heterocycles. The molecule has 1 N–H and O–H groups in total. The molecule has 33 heavy (non-hydrogen) atoms. The van der Waals surface area contributed by atoms with Crippen molar-refractivity contribution in [3.05, 3.63) is 12.2 Å². The molecule has 0 aromatic carbocycles. The average Bonchev–Trinajstić information content (AvgIpc) is 3.14. The Hall–Kier alpha value is -0.770. The van der Waals surface area contributed by atoms with Gasteiger partial charge in [-0.1, -0.05) is 31.7 Å². The third kappa shape index (κ3) is 3.21. The molecule has 8 rings (SSSR count). The van der Waals surface area contributed by atoms with Crippen molar-refractivity contribution < 1.29 is 9.59 Å². The van der Waals surface area contributed by atoms with Gasteiger partial charge >= 0.3 is 0 Å². The van der Waals surface area contributed by atoms with Gasteiger partial charge in [-0.05, 0) is 124 Å². The maximum absolute atomic E-state index is 13.6. The number of hydrogen-bond acceptors (Lipinski definition) is 3. The van der Waals surface area contributed by atoms with Crippen LogP contribution in [0.5, 0.6) is 0 Å². The molecule has 0 aromatic heterocycles. The highest BCUT2D eigenvalue weighted by Gasteiger charge is 2.60. The van der Waals surface area contributed by atoms with Crippen LogP contribution in [0.4, 0.5) is 0 Å². The van der Waals surface area contributed by atoms with Crippen molar-refractivity contribution in [1.82, 2.24) is 5.32 Å². The highest BCUT2D eigenvalue weighted by atomic mass is 32.2. The van der Waals surface area contributed by atoms with E-state index in [0.29, 0.717) is 34.4 Å². The standard InChI is InChI=1S/C29H41NO2S/c1-28-7-5-22-21(3-4-24-29(22,2)8-6-25(31)33-24)23(28)14-20(15-28)27(32)30-26-18-10-16-9-17(12-18)13-19(26)11-16/h6,8,16-24,26H,3-5,7,9-15H2,1-2H3,(H,30,32)/t16?,17?,18?,19?,20-,21+,22-,23-,24+,26?,28+,29+/m0/s1. The zero-order chi connectivity index (χ0) is 22.5. The Kier molecular flexibility index (Phi) is 4.80. The molecule has 4 bridgehead atoms. The van der Waals surface area contributed by atoms with Gasteiger partial charge in [-0.25, -0.2) is 0 Å². The molecule has 7 atom stereocenters. The second-order valence-corrected chi connectivity index (χ2v) is 15.1. The molecule has 7 aliphatic carbocycles. The third-order valence-corrected chi connectivity index (χ3v) is 13.6. The Morgan fingerprint density at radius 1 is 0.970 bits per heavy atom. The maximum atomic E-state index is 13.6. The minimum atomic E-state index is 0.156. The van der Waals surface area contributed by atoms with Crippen LogP contribution in [-0.2, 0) is 9.59 Å². The summed E-state index contributed by atoms with van der Waals surface area (Å²) in [6.07, 6.45) is 18.3. The van der Waals surface area contributed by atoms with Gasteiger partial charge in [0.1, 0.15) is 0 Å². The fraction of sp³-hybridized carbons (Fsp3) is 0.862. The minimum absolute atomic E-state index is 0.156. The van der Waals surface area contributed by atoms with Gasteiger partial charge in [-0.3, -0.25) is 9.59 Å². The fourth-order valence-corrected chi connectivity index (χ4v) is 12.1. The Balaban J connectivity index is 1.07. The first-order valence-corrected chi connectivity index (χ1v) is 14.9. The summed E-state index contributed by atoms with van der Waals surface area (Å²) in [6, 6.07) is 0.477. The molecule has 3 nitrogen and oxygen atoms in total. The van der Waals surface area contributed by atoms with E-state index in [-0.39, 0.29) is 16.4 Å². The van der Waals surface area contributed by atoms with Gasteiger partial charge in [0.2, 0.25) is 11.0 Å². The summed E-state index contributed by atoms with van der Waals surface area (Å²) in [5, 5.41) is 4.38. The van der Waals surface area contributed by atoms with Crippen molar-refractivity contribution in [2.45, 2.75) is 95.8 Å². The first-order chi connectivity index (χ1) is 15.8. The molecular formula is C29H41NO2S. The molecule has 7 fully saturated rings. The predicted molar refractivity (Wildman–Crippen MR) is 132 cm³/mol. The maximum Gasteiger partial charge on any atom is 0.223 e. The Bertz CT molecular complexity index is 870. The number of carbonyl (C=O) groups is 2. The summed E-state index contributed by atoms with van der Waals surface area (Å²) in [5.74, 6) is 6.16. The molecule has 1 amide bonds. The average molecular weight is 468 g/mol. The number of thioether (sulfide) groups is 1. The SMILES string of the molecule is C[C@]12CC[C@H]3[C@@H](CC[C@H]4SC(=O)C=C[C@@]43C)[C@@H]1C[C@H](C(=O)NC1C3CC4CC(C3)CC1C4)C2. The molecular weight excluding hydrogens is 426 g/mol. The van der Waals surface area contributed by atoms with E-state index < -0.39 is 0 Å². The van der Waals surface area contributed by atoms with E-state index in [4.69, 9.17) is 0 Å². The Morgan fingerprint density at radius 2 is 1.70 bits per heavy atom. The number of fused-ring (bicyclic) bond motifs is 5. The molecule has 0 aromatic rings. The summed E-state index contributed by atoms with van der Waals surface area (Å²) in [7, 11) is 0. The van der Waals surface area contributed by atoms with E-state index in [2.05, 4.69) is 25.2 Å². The van der Waals surface area contributed by atoms with Gasteiger partial charge in [0, 0.05) is 22.6 Å². The molecule has 0 saturated heterocycles. The van der Waals surface area contributed by atoms with Crippen LogP contribution in [0.2, 0.25) is 0 Å². The van der Waals surface area contributed by atoms with Crippen LogP contribution >= 0.6 is 11.8 Å². The first kappa shape index (κ1) is 21.5. The van der Waals surface area contributed by atoms with Crippen molar-refractivity contribution in [2.75, 3.05) is 0 Å². The molecule has 4 heteroatoms. The van der Waals surface area contributed by atoms with E-state index in [1.165, 1.54) is 51.4 Å². The van der Waals surface area contributed by atoms with Crippen LogP contribution < -0.4 is 5.32 Å². The second kappa shape index (κ2) is 7.37. The van der Waals surface area contributed by atoms with E-state index in [1.54, 1.807) is 11.8 Å². The van der Waals surface area contributed by atoms with Gasteiger partial charge in [0.05, 0.1) is 0 Å². The molecule has 0 unspecified atom stereocenters. The Morgan fingerprint density at radius 3 is 2.42 bits per heavy atom. The van der Waals surface area contributed by atoms with E-state index in [0.717, 1.165) is 48.9 Å². The second-order valence-electron chi connectivity index (χ2n) is 13.9. The van der Waals surface area contributed by atoms with Gasteiger partial charge in [-0.15, -0.1) is 0 Å². The normalized spacial score (nSPS) is 56.2. The van der Waals surface area contributed by atoms with Crippen LogP contribution in [0.25, 0.3) is 0 Å². The number of allylic oxidation sites excluding steroid dienone is 1. The molecule has 180 valence electrons. The zero-order valence-corrected chi connectivity index (χ0v) is 21.2. The smallest absolute Gasteiger partial charge is 0.223 e. The number of amides is 1. The summed E-state index contributed by atoms with van der Waals surface area (Å²) < 4.78 is 0. The van der Waals surface area contributed by atoms with Crippen molar-refractivity contribution in [1.29, 1.82) is 0 Å². The molecule has 8 aliphatic rings. The number of hydrogen-bond donors (Lipinski definition) is 1. The summed E-state index contributed by atoms with van der Waals surface area (Å²) in [4.78, 5) is 25.7. The zero-order valence-electron chi connectivity index (χ0n) is 20.4. The third-order valence-electron chi connectivity index (χ3n) is 12.2. The highest BCUT2D eigenvalue weighted by molar-refractivity contribution is 8.14. The van der Waals surface area contributed by atoms with Crippen LogP contribution in [0.3, 0.4) is 0 Å². The van der Waals surface area contributed by atoms with Crippen LogP contribution in [-0.4, -0.2) is 22.3 Å². The molecule has 1 heterocycles. The summed E-state index contributed by atoms with van der Waals surface area (Å²) >= 11 is 1.60. The minimum Gasteiger partial charge on any atom is -0.353 e. The molecule has 0 spiro atoms. The quantitative estimate of drug-likeness (QED) is 0.543. The van der Waals surface area contributed by atoms with Crippen molar-refractivity contribution in [3.63, 3.8) is 0 Å². The van der Waals surface area contributed by atoms with Gasteiger partial charge in [0.15, 0.2) is 0 Å². The largest absolute Gasteiger partial charge is 0.353 e. The fourth-order valence-electron chi connectivity index (χ4n) is 10.9. The lowest BCUT2D eigenvalue weighted by Crippen LogP contribution is -2.56. The lowest BCUT2D eigenvalue weighted by Gasteiger charge is -2.57. The topological polar surface area (TPSA) is 46.2 Å². The van der Waals surface area contributed by atoms with Crippen LogP contribution in [0.15, 0.2) is 12.2 Å². The van der Waals surface area contributed by atoms with Crippen molar-refractivity contribution >= 4 is 22.8 Å². The van der Waals surface area contributed by atoms with Crippen LogP contribution in [0.1, 0.15) is 84.5 Å². The molecule has 0 radical (unpaired) electrons. The van der Waals surface area contributed by atoms with Crippen molar-refractivity contribution in [2.24, 2.45) is 58.2 Å². The lowest BCUT2D eigenvalue weighted by atomic mass is 9.50. The molecule has 7 saturated carbocycles. The summed E-state index contributed by atoms with van der Waals surface area (Å²) in [5.41, 5.74) is 0.487. The summed E-state index contributed by atoms with van der Waals surface area (Å²) in [6.45, 7) is 4.94. The predicted octanol–water partition coefficient (Wildman–Crippen LogP) is 5.98. The lowest BCUT2D eigenvalue weighted by molar-refractivity contribution is -0.129. The number of rotatable bonds is 2. The Labute approximate surface area is 203 Å². The number of nitrogens with one attached hydrogen (secondary N) is 1.